The molecule has 0 N–H and O–H groups in total. The van der Waals surface area contributed by atoms with Crippen LogP contribution in [0.3, 0.4) is 0 Å². The topological polar surface area (TPSA) is 63.9 Å². The Kier molecular flexibility index (Phi) is 4.55. The predicted molar refractivity (Wildman–Crippen MR) is 101 cm³/mol. The van der Waals surface area contributed by atoms with Gasteiger partial charge in [-0.3, -0.25) is 4.79 Å². The monoisotopic (exact) mass is 367 g/mol. The van der Waals surface area contributed by atoms with E-state index >= 15 is 0 Å². The normalized spacial score (nSPS) is 15.4. The first-order chi connectivity index (χ1) is 12.6. The lowest BCUT2D eigenvalue weighted by Gasteiger charge is -2.31. The van der Waals surface area contributed by atoms with Crippen molar-refractivity contribution in [3.8, 4) is 11.5 Å². The second kappa shape index (κ2) is 6.99. The Balaban J connectivity index is 1.50. The first-order valence-corrected chi connectivity index (χ1v) is 9.66. The van der Waals surface area contributed by atoms with Crippen molar-refractivity contribution in [1.82, 2.24) is 24.4 Å². The molecule has 0 bridgehead atoms. The minimum atomic E-state index is 0.144. The van der Waals surface area contributed by atoms with E-state index in [-0.39, 0.29) is 5.91 Å². The van der Waals surface area contributed by atoms with Crippen LogP contribution >= 0.6 is 11.3 Å². The van der Waals surface area contributed by atoms with Crippen molar-refractivity contribution in [2.75, 3.05) is 13.1 Å². The highest BCUT2D eigenvalue weighted by atomic mass is 32.1. The summed E-state index contributed by atoms with van der Waals surface area (Å²) in [5, 5.41) is 1.95. The molecule has 1 saturated heterocycles. The molecular weight excluding hydrogens is 346 g/mol. The molecule has 0 radical (unpaired) electrons. The standard InChI is InChI=1S/C19H21N5OS/c1-13-21-15(12-16(22-13)18-20-7-10-23(18)2)14-5-8-24(9-6-14)19(25)17-4-3-11-26-17/h3-4,7,10-12,14H,5-6,8-9H2,1-2H3. The highest BCUT2D eigenvalue weighted by Gasteiger charge is 2.26. The number of imidazole rings is 1. The lowest BCUT2D eigenvalue weighted by atomic mass is 9.92. The van der Waals surface area contributed by atoms with Crippen LogP contribution in [-0.2, 0) is 7.05 Å². The molecule has 3 aromatic rings. The molecule has 1 fully saturated rings. The van der Waals surface area contributed by atoms with Gasteiger partial charge in [0.05, 0.1) is 4.88 Å². The zero-order chi connectivity index (χ0) is 18.1. The first-order valence-electron chi connectivity index (χ1n) is 8.78. The highest BCUT2D eigenvalue weighted by molar-refractivity contribution is 7.12. The minimum Gasteiger partial charge on any atom is -0.338 e. The fourth-order valence-corrected chi connectivity index (χ4v) is 4.15. The average Bonchev–Trinajstić information content (AvgIpc) is 3.32. The molecule has 3 aromatic heterocycles. The Morgan fingerprint density at radius 3 is 2.73 bits per heavy atom. The summed E-state index contributed by atoms with van der Waals surface area (Å²) in [6.45, 7) is 3.45. The Bertz CT molecular complexity index is 910. The Labute approximate surface area is 156 Å². The van der Waals surface area contributed by atoms with Crippen LogP contribution in [0.25, 0.3) is 11.5 Å². The van der Waals surface area contributed by atoms with Crippen molar-refractivity contribution < 1.29 is 4.79 Å². The van der Waals surface area contributed by atoms with E-state index in [1.165, 1.54) is 11.3 Å². The number of hydrogen-bond donors (Lipinski definition) is 0. The lowest BCUT2D eigenvalue weighted by molar-refractivity contribution is 0.0717. The molecule has 0 unspecified atom stereocenters. The maximum atomic E-state index is 12.5. The summed E-state index contributed by atoms with van der Waals surface area (Å²) < 4.78 is 1.97. The molecule has 0 atom stereocenters. The highest BCUT2D eigenvalue weighted by Crippen LogP contribution is 2.29. The number of aryl methyl sites for hydroxylation is 2. The van der Waals surface area contributed by atoms with E-state index in [2.05, 4.69) is 21.0 Å². The molecule has 7 heteroatoms. The van der Waals surface area contributed by atoms with Crippen LogP contribution in [0.2, 0.25) is 0 Å². The maximum absolute atomic E-state index is 12.5. The van der Waals surface area contributed by atoms with Crippen molar-refractivity contribution in [3.63, 3.8) is 0 Å². The Hall–Kier alpha value is -2.54. The number of rotatable bonds is 3. The number of thiophene rings is 1. The molecule has 26 heavy (non-hydrogen) atoms. The summed E-state index contributed by atoms with van der Waals surface area (Å²) in [6, 6.07) is 5.87. The smallest absolute Gasteiger partial charge is 0.263 e. The molecule has 1 aliphatic rings. The predicted octanol–water partition coefficient (Wildman–Crippen LogP) is 3.27. The van der Waals surface area contributed by atoms with Crippen molar-refractivity contribution in [2.24, 2.45) is 7.05 Å². The number of likely N-dealkylation sites (tertiary alicyclic amines) is 1. The van der Waals surface area contributed by atoms with Gasteiger partial charge in [-0.1, -0.05) is 6.07 Å². The van der Waals surface area contributed by atoms with Gasteiger partial charge in [0, 0.05) is 44.1 Å². The number of hydrogen-bond acceptors (Lipinski definition) is 5. The van der Waals surface area contributed by atoms with Gasteiger partial charge in [-0.15, -0.1) is 11.3 Å². The third-order valence-corrected chi connectivity index (χ3v) is 5.70. The van der Waals surface area contributed by atoms with E-state index < -0.39 is 0 Å². The summed E-state index contributed by atoms with van der Waals surface area (Å²) >= 11 is 1.50. The van der Waals surface area contributed by atoms with Crippen LogP contribution in [0.5, 0.6) is 0 Å². The fraction of sp³-hybridized carbons (Fsp3) is 0.368. The molecule has 0 aromatic carbocycles. The molecule has 4 heterocycles. The average molecular weight is 367 g/mol. The fourth-order valence-electron chi connectivity index (χ4n) is 3.46. The quantitative estimate of drug-likeness (QED) is 0.713. The van der Waals surface area contributed by atoms with Crippen molar-refractivity contribution in [1.29, 1.82) is 0 Å². The van der Waals surface area contributed by atoms with Gasteiger partial charge >= 0.3 is 0 Å². The van der Waals surface area contributed by atoms with Gasteiger partial charge in [0.15, 0.2) is 5.82 Å². The maximum Gasteiger partial charge on any atom is 0.263 e. The summed E-state index contributed by atoms with van der Waals surface area (Å²) in [5.41, 5.74) is 1.91. The largest absolute Gasteiger partial charge is 0.338 e. The Morgan fingerprint density at radius 2 is 2.08 bits per heavy atom. The molecule has 0 saturated carbocycles. The van der Waals surface area contributed by atoms with Gasteiger partial charge in [-0.2, -0.15) is 0 Å². The van der Waals surface area contributed by atoms with E-state index in [9.17, 15) is 4.79 Å². The molecule has 1 aliphatic heterocycles. The van der Waals surface area contributed by atoms with Crippen LogP contribution in [0.1, 0.15) is 39.9 Å². The van der Waals surface area contributed by atoms with Crippen molar-refractivity contribution in [3.05, 3.63) is 52.4 Å². The number of carbonyl (C=O) groups is 1. The van der Waals surface area contributed by atoms with Crippen LogP contribution < -0.4 is 0 Å². The van der Waals surface area contributed by atoms with Gasteiger partial charge in [0.1, 0.15) is 11.5 Å². The second-order valence-corrected chi connectivity index (χ2v) is 7.58. The molecule has 6 nitrogen and oxygen atoms in total. The Morgan fingerprint density at radius 1 is 1.27 bits per heavy atom. The third kappa shape index (κ3) is 3.26. The summed E-state index contributed by atoms with van der Waals surface area (Å²) in [6.07, 6.45) is 5.55. The molecule has 0 spiro atoms. The first kappa shape index (κ1) is 16.9. The van der Waals surface area contributed by atoms with E-state index in [1.54, 1.807) is 6.20 Å². The number of amides is 1. The SMILES string of the molecule is Cc1nc(-c2nccn2C)cc(C2CCN(C(=O)c3cccs3)CC2)n1. The van der Waals surface area contributed by atoms with Crippen LogP contribution in [0.15, 0.2) is 36.0 Å². The number of piperidine rings is 1. The molecular formula is C19H21N5OS. The number of carbonyl (C=O) groups excluding carboxylic acids is 1. The van der Waals surface area contributed by atoms with Crippen molar-refractivity contribution >= 4 is 17.2 Å². The summed E-state index contributed by atoms with van der Waals surface area (Å²) in [5.74, 6) is 2.11. The van der Waals surface area contributed by atoms with Gasteiger partial charge in [-0.25, -0.2) is 15.0 Å². The van der Waals surface area contributed by atoms with Gasteiger partial charge in [0.25, 0.3) is 5.91 Å². The molecule has 0 aliphatic carbocycles. The van der Waals surface area contributed by atoms with Crippen LogP contribution in [-0.4, -0.2) is 43.4 Å². The lowest BCUT2D eigenvalue weighted by Crippen LogP contribution is -2.37. The molecule has 1 amide bonds. The third-order valence-electron chi connectivity index (χ3n) is 4.84. The second-order valence-electron chi connectivity index (χ2n) is 6.63. The minimum absolute atomic E-state index is 0.144. The van der Waals surface area contributed by atoms with Gasteiger partial charge in [0.2, 0.25) is 0 Å². The zero-order valence-corrected chi connectivity index (χ0v) is 15.7. The van der Waals surface area contributed by atoms with E-state index in [4.69, 9.17) is 0 Å². The number of nitrogens with zero attached hydrogens (tertiary/aromatic N) is 5. The summed E-state index contributed by atoms with van der Waals surface area (Å²) in [4.78, 5) is 28.9. The van der Waals surface area contributed by atoms with E-state index in [0.717, 1.165) is 53.8 Å². The molecule has 134 valence electrons. The van der Waals surface area contributed by atoms with Crippen molar-refractivity contribution in [2.45, 2.75) is 25.7 Å². The number of aromatic nitrogens is 4. The van der Waals surface area contributed by atoms with E-state index in [0.29, 0.717) is 5.92 Å². The zero-order valence-electron chi connectivity index (χ0n) is 14.9. The molecule has 4 rings (SSSR count). The van der Waals surface area contributed by atoms with Crippen LogP contribution in [0, 0.1) is 6.92 Å². The van der Waals surface area contributed by atoms with E-state index in [1.807, 2.05) is 47.1 Å². The van der Waals surface area contributed by atoms with Gasteiger partial charge < -0.3 is 9.47 Å². The summed E-state index contributed by atoms with van der Waals surface area (Å²) in [7, 11) is 1.97. The van der Waals surface area contributed by atoms with Crippen LogP contribution in [0.4, 0.5) is 0 Å². The van der Waals surface area contributed by atoms with Gasteiger partial charge in [-0.05, 0) is 37.3 Å².